The van der Waals surface area contributed by atoms with Gasteiger partial charge in [0.2, 0.25) is 5.91 Å². The van der Waals surface area contributed by atoms with Gasteiger partial charge in [0, 0.05) is 13.1 Å². The first-order valence-corrected chi connectivity index (χ1v) is 7.64. The van der Waals surface area contributed by atoms with Gasteiger partial charge in [0.05, 0.1) is 12.6 Å². The SMILES string of the molecule is CCCNCCC1CCC(C(=O)NC)N1.CCCOO. The monoisotopic (exact) mass is 289 g/mol. The third-order valence-corrected chi connectivity index (χ3v) is 3.20. The number of nitrogens with one attached hydrogen (secondary N) is 3. The van der Waals surface area contributed by atoms with Crippen LogP contribution >= 0.6 is 0 Å². The number of hydrogen-bond donors (Lipinski definition) is 4. The predicted molar refractivity (Wildman–Crippen MR) is 80.7 cm³/mol. The molecule has 1 rings (SSSR count). The van der Waals surface area contributed by atoms with E-state index in [1.807, 2.05) is 6.92 Å². The van der Waals surface area contributed by atoms with E-state index in [0.717, 1.165) is 38.8 Å². The maximum absolute atomic E-state index is 11.3. The highest BCUT2D eigenvalue weighted by atomic mass is 17.1. The van der Waals surface area contributed by atoms with Gasteiger partial charge in [-0.2, -0.15) is 0 Å². The zero-order valence-electron chi connectivity index (χ0n) is 13.1. The molecule has 20 heavy (non-hydrogen) atoms. The van der Waals surface area contributed by atoms with Crippen LogP contribution in [-0.2, 0) is 9.68 Å². The Balaban J connectivity index is 0.000000621. The number of rotatable bonds is 8. The Kier molecular flexibility index (Phi) is 12.8. The van der Waals surface area contributed by atoms with E-state index in [1.54, 1.807) is 7.05 Å². The summed E-state index contributed by atoms with van der Waals surface area (Å²) in [5, 5.41) is 17.0. The number of likely N-dealkylation sites (N-methyl/N-ethyl adjacent to an activating group) is 1. The van der Waals surface area contributed by atoms with Gasteiger partial charge >= 0.3 is 0 Å². The topological polar surface area (TPSA) is 82.6 Å². The van der Waals surface area contributed by atoms with Crippen molar-refractivity contribution in [1.82, 2.24) is 16.0 Å². The summed E-state index contributed by atoms with van der Waals surface area (Å²) in [4.78, 5) is 15.0. The molecule has 0 aromatic rings. The van der Waals surface area contributed by atoms with Crippen LogP contribution in [-0.4, -0.2) is 50.0 Å². The van der Waals surface area contributed by atoms with Gasteiger partial charge in [0.15, 0.2) is 0 Å². The number of amides is 1. The molecule has 1 amide bonds. The summed E-state index contributed by atoms with van der Waals surface area (Å²) in [6.07, 6.45) is 5.26. The van der Waals surface area contributed by atoms with Crippen molar-refractivity contribution in [3.8, 4) is 0 Å². The van der Waals surface area contributed by atoms with Crippen molar-refractivity contribution < 1.29 is 14.9 Å². The molecule has 1 heterocycles. The maximum Gasteiger partial charge on any atom is 0.236 e. The maximum atomic E-state index is 11.3. The van der Waals surface area contributed by atoms with Gasteiger partial charge in [0.25, 0.3) is 0 Å². The molecule has 0 radical (unpaired) electrons. The number of hydrogen-bond acceptors (Lipinski definition) is 5. The molecule has 1 saturated heterocycles. The van der Waals surface area contributed by atoms with Crippen molar-refractivity contribution in [3.05, 3.63) is 0 Å². The highest BCUT2D eigenvalue weighted by Gasteiger charge is 2.27. The van der Waals surface area contributed by atoms with Crippen LogP contribution in [0.3, 0.4) is 0 Å². The summed E-state index contributed by atoms with van der Waals surface area (Å²) < 4.78 is 0. The first kappa shape index (κ1) is 19.3. The molecule has 0 bridgehead atoms. The summed E-state index contributed by atoms with van der Waals surface area (Å²) in [5.41, 5.74) is 0. The van der Waals surface area contributed by atoms with Crippen LogP contribution in [0.1, 0.15) is 46.0 Å². The lowest BCUT2D eigenvalue weighted by Gasteiger charge is -2.13. The lowest BCUT2D eigenvalue weighted by molar-refractivity contribution is -0.241. The average molecular weight is 289 g/mol. The first-order chi connectivity index (χ1) is 9.69. The van der Waals surface area contributed by atoms with Crippen LogP contribution in [0.4, 0.5) is 0 Å². The van der Waals surface area contributed by atoms with E-state index >= 15 is 0 Å². The van der Waals surface area contributed by atoms with Gasteiger partial charge in [0.1, 0.15) is 0 Å². The Bertz CT molecular complexity index is 238. The van der Waals surface area contributed by atoms with Gasteiger partial charge in [-0.05, 0) is 45.2 Å². The molecule has 4 N–H and O–H groups in total. The minimum Gasteiger partial charge on any atom is -0.358 e. The zero-order chi connectivity index (χ0) is 15.2. The Morgan fingerprint density at radius 3 is 2.55 bits per heavy atom. The fourth-order valence-electron chi connectivity index (χ4n) is 2.10. The van der Waals surface area contributed by atoms with Crippen LogP contribution in [0.2, 0.25) is 0 Å². The van der Waals surface area contributed by atoms with Crippen molar-refractivity contribution in [2.24, 2.45) is 0 Å². The second kappa shape index (κ2) is 13.3. The van der Waals surface area contributed by atoms with Crippen molar-refractivity contribution >= 4 is 5.91 Å². The van der Waals surface area contributed by atoms with E-state index in [-0.39, 0.29) is 11.9 Å². The first-order valence-electron chi connectivity index (χ1n) is 7.64. The summed E-state index contributed by atoms with van der Waals surface area (Å²) in [7, 11) is 1.69. The smallest absolute Gasteiger partial charge is 0.236 e. The standard InChI is InChI=1S/C11H23N3O.C3H8O2/c1-3-7-13-8-6-9-4-5-10(14-9)11(15)12-2;1-2-3-5-4/h9-10,13-14H,3-8H2,1-2H3,(H,12,15);4H,2-3H2,1H3. The molecule has 0 aromatic heterocycles. The Labute approximate surface area is 122 Å². The Hall–Kier alpha value is -0.690. The molecule has 0 aliphatic carbocycles. The molecule has 1 aliphatic rings. The molecule has 2 unspecified atom stereocenters. The minimum atomic E-state index is 0.0335. The largest absolute Gasteiger partial charge is 0.358 e. The van der Waals surface area contributed by atoms with E-state index in [4.69, 9.17) is 5.26 Å². The van der Waals surface area contributed by atoms with Crippen molar-refractivity contribution in [2.45, 2.75) is 58.0 Å². The molecule has 6 nitrogen and oxygen atoms in total. The number of carbonyl (C=O) groups excluding carboxylic acids is 1. The Morgan fingerprint density at radius 1 is 1.30 bits per heavy atom. The van der Waals surface area contributed by atoms with Gasteiger partial charge in [-0.15, -0.1) is 0 Å². The van der Waals surface area contributed by atoms with Gasteiger partial charge in [-0.3, -0.25) is 10.1 Å². The molecular formula is C14H31N3O3. The molecule has 1 aliphatic heterocycles. The molecule has 120 valence electrons. The average Bonchev–Trinajstić information content (AvgIpc) is 2.93. The van der Waals surface area contributed by atoms with Crippen LogP contribution < -0.4 is 16.0 Å². The van der Waals surface area contributed by atoms with Crippen LogP contribution in [0.25, 0.3) is 0 Å². The fraction of sp³-hybridized carbons (Fsp3) is 0.929. The van der Waals surface area contributed by atoms with Crippen LogP contribution in [0.5, 0.6) is 0 Å². The van der Waals surface area contributed by atoms with Crippen LogP contribution in [0, 0.1) is 0 Å². The summed E-state index contributed by atoms with van der Waals surface area (Å²) in [6.45, 7) is 6.68. The van der Waals surface area contributed by atoms with E-state index in [1.165, 1.54) is 6.42 Å². The predicted octanol–water partition coefficient (Wildman–Crippen LogP) is 1.13. The molecule has 0 spiro atoms. The third kappa shape index (κ3) is 9.25. The van der Waals surface area contributed by atoms with Crippen molar-refractivity contribution in [3.63, 3.8) is 0 Å². The lowest BCUT2D eigenvalue weighted by Crippen LogP contribution is -2.41. The van der Waals surface area contributed by atoms with E-state index in [0.29, 0.717) is 12.6 Å². The summed E-state index contributed by atoms with van der Waals surface area (Å²) >= 11 is 0. The molecule has 0 aromatic carbocycles. The summed E-state index contributed by atoms with van der Waals surface area (Å²) in [6, 6.07) is 0.544. The molecule has 2 atom stereocenters. The van der Waals surface area contributed by atoms with Crippen molar-refractivity contribution in [1.29, 1.82) is 0 Å². The van der Waals surface area contributed by atoms with E-state index in [2.05, 4.69) is 27.8 Å². The van der Waals surface area contributed by atoms with Crippen LogP contribution in [0.15, 0.2) is 0 Å². The van der Waals surface area contributed by atoms with Gasteiger partial charge in [-0.25, -0.2) is 4.89 Å². The molecule has 0 saturated carbocycles. The van der Waals surface area contributed by atoms with Gasteiger partial charge in [-0.1, -0.05) is 13.8 Å². The van der Waals surface area contributed by atoms with Crippen molar-refractivity contribution in [2.75, 3.05) is 26.7 Å². The highest BCUT2D eigenvalue weighted by Crippen LogP contribution is 2.14. The van der Waals surface area contributed by atoms with E-state index < -0.39 is 0 Å². The summed E-state index contributed by atoms with van der Waals surface area (Å²) in [5.74, 6) is 0.124. The lowest BCUT2D eigenvalue weighted by atomic mass is 10.1. The second-order valence-electron chi connectivity index (χ2n) is 4.98. The van der Waals surface area contributed by atoms with Gasteiger partial charge < -0.3 is 16.0 Å². The molecular weight excluding hydrogens is 258 g/mol. The second-order valence-corrected chi connectivity index (χ2v) is 4.98. The number of carbonyl (C=O) groups is 1. The quantitative estimate of drug-likeness (QED) is 0.306. The Morgan fingerprint density at radius 2 is 2.05 bits per heavy atom. The highest BCUT2D eigenvalue weighted by molar-refractivity contribution is 5.81. The minimum absolute atomic E-state index is 0.0335. The molecule has 1 fully saturated rings. The fourth-order valence-corrected chi connectivity index (χ4v) is 2.10. The normalized spacial score (nSPS) is 21.2. The van der Waals surface area contributed by atoms with E-state index in [9.17, 15) is 4.79 Å². The zero-order valence-corrected chi connectivity index (χ0v) is 13.1. The third-order valence-electron chi connectivity index (χ3n) is 3.20. The molecule has 6 heteroatoms.